The molecule has 2 N–H and O–H groups in total. The zero-order chi connectivity index (χ0) is 12.8. The van der Waals surface area contributed by atoms with Gasteiger partial charge in [-0.15, -0.1) is 0 Å². The molecule has 0 aliphatic rings. The number of amides is 1. The molecule has 94 valence electrons. The van der Waals surface area contributed by atoms with E-state index in [2.05, 4.69) is 43.8 Å². The zero-order valence-electron chi connectivity index (χ0n) is 9.54. The summed E-state index contributed by atoms with van der Waals surface area (Å²) in [7, 11) is 0. The number of rotatable bonds is 5. The van der Waals surface area contributed by atoms with Crippen LogP contribution >= 0.6 is 38.5 Å². The van der Waals surface area contributed by atoms with Crippen molar-refractivity contribution in [1.29, 1.82) is 0 Å². The SMILES string of the molecule is CC(CCO)CNC(=O)c1cc(Br)ccc1I. The van der Waals surface area contributed by atoms with Gasteiger partial charge in [-0.3, -0.25) is 4.79 Å². The van der Waals surface area contributed by atoms with Crippen LogP contribution in [0.3, 0.4) is 0 Å². The predicted octanol–water partition coefficient (Wildman–Crippen LogP) is 2.80. The molecule has 0 aliphatic heterocycles. The summed E-state index contributed by atoms with van der Waals surface area (Å²) >= 11 is 5.50. The van der Waals surface area contributed by atoms with Crippen LogP contribution < -0.4 is 5.32 Å². The maximum atomic E-state index is 11.9. The van der Waals surface area contributed by atoms with Crippen LogP contribution in [0.2, 0.25) is 0 Å². The topological polar surface area (TPSA) is 49.3 Å². The minimum atomic E-state index is -0.0690. The number of benzene rings is 1. The normalized spacial score (nSPS) is 12.2. The molecule has 1 rings (SSSR count). The van der Waals surface area contributed by atoms with Crippen molar-refractivity contribution in [2.45, 2.75) is 13.3 Å². The Bertz CT molecular complexity index is 398. The Morgan fingerprint density at radius 3 is 2.94 bits per heavy atom. The molecule has 0 spiro atoms. The van der Waals surface area contributed by atoms with Crippen molar-refractivity contribution in [3.63, 3.8) is 0 Å². The van der Waals surface area contributed by atoms with Crippen molar-refractivity contribution in [3.8, 4) is 0 Å². The second-order valence-corrected chi connectivity index (χ2v) is 6.03. The van der Waals surface area contributed by atoms with Gasteiger partial charge in [-0.2, -0.15) is 0 Å². The summed E-state index contributed by atoms with van der Waals surface area (Å²) in [5.74, 6) is 0.217. The zero-order valence-corrected chi connectivity index (χ0v) is 13.3. The molecule has 5 heteroatoms. The lowest BCUT2D eigenvalue weighted by molar-refractivity contribution is 0.0944. The van der Waals surface area contributed by atoms with Crippen molar-refractivity contribution >= 4 is 44.4 Å². The second kappa shape index (κ2) is 7.33. The molecule has 0 saturated heterocycles. The van der Waals surface area contributed by atoms with Gasteiger partial charge in [-0.1, -0.05) is 22.9 Å². The summed E-state index contributed by atoms with van der Waals surface area (Å²) in [5, 5.41) is 11.7. The van der Waals surface area contributed by atoms with E-state index in [1.54, 1.807) is 0 Å². The molecule has 0 radical (unpaired) electrons. The van der Waals surface area contributed by atoms with Gasteiger partial charge in [0.2, 0.25) is 0 Å². The van der Waals surface area contributed by atoms with Crippen LogP contribution in [0.15, 0.2) is 22.7 Å². The molecule has 1 amide bonds. The van der Waals surface area contributed by atoms with E-state index in [9.17, 15) is 4.79 Å². The summed E-state index contributed by atoms with van der Waals surface area (Å²) in [6.07, 6.45) is 0.704. The highest BCUT2D eigenvalue weighted by atomic mass is 127. The predicted molar refractivity (Wildman–Crippen MR) is 80.1 cm³/mol. The van der Waals surface area contributed by atoms with E-state index in [0.717, 1.165) is 8.04 Å². The van der Waals surface area contributed by atoms with Gasteiger partial charge in [0.15, 0.2) is 0 Å². The van der Waals surface area contributed by atoms with Crippen molar-refractivity contribution in [1.82, 2.24) is 5.32 Å². The molecule has 0 aliphatic carbocycles. The number of aliphatic hydroxyl groups is 1. The number of hydrogen-bond acceptors (Lipinski definition) is 2. The molecular weight excluding hydrogens is 397 g/mol. The van der Waals surface area contributed by atoms with Crippen molar-refractivity contribution in [2.75, 3.05) is 13.2 Å². The van der Waals surface area contributed by atoms with Crippen LogP contribution in [-0.2, 0) is 0 Å². The highest BCUT2D eigenvalue weighted by molar-refractivity contribution is 14.1. The number of aliphatic hydroxyl groups excluding tert-OH is 1. The number of halogens is 2. The number of carbonyl (C=O) groups is 1. The Balaban J connectivity index is 2.61. The number of hydrogen-bond donors (Lipinski definition) is 2. The maximum absolute atomic E-state index is 11.9. The summed E-state index contributed by atoms with van der Waals surface area (Å²) in [6, 6.07) is 5.62. The van der Waals surface area contributed by atoms with Gasteiger partial charge in [-0.05, 0) is 53.1 Å². The van der Waals surface area contributed by atoms with Crippen LogP contribution in [0.5, 0.6) is 0 Å². The lowest BCUT2D eigenvalue weighted by Crippen LogP contribution is -2.29. The molecule has 0 saturated carbocycles. The summed E-state index contributed by atoms with van der Waals surface area (Å²) in [5.41, 5.74) is 0.677. The minimum Gasteiger partial charge on any atom is -0.396 e. The third-order valence-electron chi connectivity index (χ3n) is 2.41. The third kappa shape index (κ3) is 4.93. The molecule has 1 unspecified atom stereocenters. The molecule has 17 heavy (non-hydrogen) atoms. The van der Waals surface area contributed by atoms with E-state index in [4.69, 9.17) is 5.11 Å². The van der Waals surface area contributed by atoms with Crippen LogP contribution in [-0.4, -0.2) is 24.2 Å². The first-order valence-electron chi connectivity index (χ1n) is 5.38. The van der Waals surface area contributed by atoms with Gasteiger partial charge < -0.3 is 10.4 Å². The standard InChI is InChI=1S/C12H15BrINO2/c1-8(4-5-16)7-15-12(17)10-6-9(13)2-3-11(10)14/h2-3,6,8,16H,4-5,7H2,1H3,(H,15,17). The first-order valence-corrected chi connectivity index (χ1v) is 7.26. The number of nitrogens with one attached hydrogen (secondary N) is 1. The van der Waals surface area contributed by atoms with Crippen LogP contribution in [0.1, 0.15) is 23.7 Å². The van der Waals surface area contributed by atoms with Crippen LogP contribution in [0.4, 0.5) is 0 Å². The van der Waals surface area contributed by atoms with Gasteiger partial charge in [-0.25, -0.2) is 0 Å². The first-order chi connectivity index (χ1) is 8.04. The highest BCUT2D eigenvalue weighted by Gasteiger charge is 2.11. The minimum absolute atomic E-state index is 0.0690. The lowest BCUT2D eigenvalue weighted by Gasteiger charge is -2.12. The molecule has 0 bridgehead atoms. The van der Waals surface area contributed by atoms with Crippen LogP contribution in [0.25, 0.3) is 0 Å². The first kappa shape index (κ1) is 14.9. The van der Waals surface area contributed by atoms with Crippen molar-refractivity contribution in [3.05, 3.63) is 31.8 Å². The van der Waals surface area contributed by atoms with Crippen molar-refractivity contribution in [2.24, 2.45) is 5.92 Å². The van der Waals surface area contributed by atoms with Gasteiger partial charge in [0, 0.05) is 21.2 Å². The maximum Gasteiger partial charge on any atom is 0.252 e. The Morgan fingerprint density at radius 2 is 2.29 bits per heavy atom. The van der Waals surface area contributed by atoms with Crippen LogP contribution in [0, 0.1) is 9.49 Å². The molecule has 1 aromatic carbocycles. The third-order valence-corrected chi connectivity index (χ3v) is 3.84. The molecular formula is C12H15BrINO2. The Kier molecular flexibility index (Phi) is 6.43. The van der Waals surface area contributed by atoms with E-state index < -0.39 is 0 Å². The monoisotopic (exact) mass is 411 g/mol. The van der Waals surface area contributed by atoms with E-state index in [0.29, 0.717) is 18.5 Å². The Hall–Kier alpha value is -0.140. The average molecular weight is 412 g/mol. The fraction of sp³-hybridized carbons (Fsp3) is 0.417. The fourth-order valence-electron chi connectivity index (χ4n) is 1.36. The fourth-order valence-corrected chi connectivity index (χ4v) is 2.30. The average Bonchev–Trinajstić information content (AvgIpc) is 2.29. The molecule has 3 nitrogen and oxygen atoms in total. The van der Waals surface area contributed by atoms with Crippen molar-refractivity contribution < 1.29 is 9.90 Å². The molecule has 0 fully saturated rings. The van der Waals surface area contributed by atoms with Gasteiger partial charge in [0.1, 0.15) is 0 Å². The molecule has 1 atom stereocenters. The van der Waals surface area contributed by atoms with Gasteiger partial charge in [0.25, 0.3) is 5.91 Å². The van der Waals surface area contributed by atoms with E-state index in [-0.39, 0.29) is 18.4 Å². The number of carbonyl (C=O) groups excluding carboxylic acids is 1. The Labute approximate surface area is 123 Å². The lowest BCUT2D eigenvalue weighted by atomic mass is 10.1. The molecule has 0 aromatic heterocycles. The van der Waals surface area contributed by atoms with Gasteiger partial charge in [0.05, 0.1) is 5.56 Å². The second-order valence-electron chi connectivity index (χ2n) is 3.95. The van der Waals surface area contributed by atoms with E-state index >= 15 is 0 Å². The smallest absolute Gasteiger partial charge is 0.252 e. The largest absolute Gasteiger partial charge is 0.396 e. The van der Waals surface area contributed by atoms with E-state index in [1.807, 2.05) is 25.1 Å². The molecule has 0 heterocycles. The quantitative estimate of drug-likeness (QED) is 0.732. The Morgan fingerprint density at radius 1 is 1.59 bits per heavy atom. The van der Waals surface area contributed by atoms with E-state index in [1.165, 1.54) is 0 Å². The van der Waals surface area contributed by atoms with Gasteiger partial charge >= 0.3 is 0 Å². The molecule has 1 aromatic rings. The summed E-state index contributed by atoms with van der Waals surface area (Å²) < 4.78 is 1.82. The summed E-state index contributed by atoms with van der Waals surface area (Å²) in [4.78, 5) is 11.9. The highest BCUT2D eigenvalue weighted by Crippen LogP contribution is 2.18. The summed E-state index contributed by atoms with van der Waals surface area (Å²) in [6.45, 7) is 2.75.